The fourth-order valence-corrected chi connectivity index (χ4v) is 2.68. The highest BCUT2D eigenvalue weighted by Gasteiger charge is 2.36. The molecule has 2 rings (SSSR count). The van der Waals surface area contributed by atoms with E-state index in [4.69, 9.17) is 0 Å². The van der Waals surface area contributed by atoms with Crippen LogP contribution in [0.1, 0.15) is 34.1 Å². The van der Waals surface area contributed by atoms with Gasteiger partial charge in [-0.2, -0.15) is 0 Å². The zero-order chi connectivity index (χ0) is 16.5. The Labute approximate surface area is 130 Å². The number of anilines is 1. The average Bonchev–Trinajstić information content (AvgIpc) is 2.41. The maximum Gasteiger partial charge on any atom is 0.249 e. The lowest BCUT2D eigenvalue weighted by atomic mass is 9.91. The van der Waals surface area contributed by atoms with Crippen LogP contribution in [0.2, 0.25) is 0 Å². The monoisotopic (exact) mass is 306 g/mol. The summed E-state index contributed by atoms with van der Waals surface area (Å²) in [6.07, 6.45) is 0.393. The SMILES string of the molecule is C[C@@H]1C(=O)N(c2ccccc2F)CCN1C(=O)CC(C)(C)C. The van der Waals surface area contributed by atoms with Crippen LogP contribution in [0.3, 0.4) is 0 Å². The van der Waals surface area contributed by atoms with Crippen LogP contribution in [0.15, 0.2) is 24.3 Å². The number of piperazine rings is 1. The van der Waals surface area contributed by atoms with Gasteiger partial charge in [0.1, 0.15) is 11.9 Å². The van der Waals surface area contributed by atoms with Gasteiger partial charge in [0.25, 0.3) is 0 Å². The first-order chi connectivity index (χ1) is 10.2. The molecule has 1 aliphatic rings. The molecule has 0 N–H and O–H groups in total. The molecule has 4 nitrogen and oxygen atoms in total. The third kappa shape index (κ3) is 3.46. The Morgan fingerprint density at radius 1 is 1.27 bits per heavy atom. The summed E-state index contributed by atoms with van der Waals surface area (Å²) >= 11 is 0. The van der Waals surface area contributed by atoms with Crippen molar-refractivity contribution in [3.63, 3.8) is 0 Å². The molecule has 1 atom stereocenters. The van der Waals surface area contributed by atoms with Crippen LogP contribution in [-0.2, 0) is 9.59 Å². The molecule has 1 heterocycles. The summed E-state index contributed by atoms with van der Waals surface area (Å²) < 4.78 is 13.9. The topological polar surface area (TPSA) is 40.6 Å². The first-order valence-corrected chi connectivity index (χ1v) is 7.56. The second-order valence-corrected chi connectivity index (χ2v) is 6.94. The molecule has 5 heteroatoms. The van der Waals surface area contributed by atoms with Crippen molar-refractivity contribution in [3.05, 3.63) is 30.1 Å². The highest BCUT2D eigenvalue weighted by Crippen LogP contribution is 2.26. The van der Waals surface area contributed by atoms with Crippen LogP contribution < -0.4 is 4.90 Å². The molecule has 1 saturated heterocycles. The van der Waals surface area contributed by atoms with Crippen LogP contribution >= 0.6 is 0 Å². The van der Waals surface area contributed by atoms with Crippen LogP contribution in [0.5, 0.6) is 0 Å². The van der Waals surface area contributed by atoms with E-state index in [1.807, 2.05) is 20.8 Å². The predicted molar refractivity (Wildman–Crippen MR) is 84.0 cm³/mol. The molecule has 1 aromatic carbocycles. The fraction of sp³-hybridized carbons (Fsp3) is 0.529. The summed E-state index contributed by atoms with van der Waals surface area (Å²) in [6, 6.07) is 5.66. The standard InChI is InChI=1S/C17H23FN2O2/c1-12-16(22)20(14-8-6-5-7-13(14)18)10-9-19(12)15(21)11-17(2,3)4/h5-8,12H,9-11H2,1-4H3/t12-/m1/s1. The smallest absolute Gasteiger partial charge is 0.249 e. The van der Waals surface area contributed by atoms with Crippen LogP contribution in [-0.4, -0.2) is 35.8 Å². The lowest BCUT2D eigenvalue weighted by Gasteiger charge is -2.40. The van der Waals surface area contributed by atoms with Crippen molar-refractivity contribution >= 4 is 17.5 Å². The molecule has 120 valence electrons. The summed E-state index contributed by atoms with van der Waals surface area (Å²) in [5.41, 5.74) is 0.157. The third-order valence-corrected chi connectivity index (χ3v) is 3.80. The maximum atomic E-state index is 13.9. The van der Waals surface area contributed by atoms with E-state index >= 15 is 0 Å². The Balaban J connectivity index is 2.15. The summed E-state index contributed by atoms with van der Waals surface area (Å²) in [5.74, 6) is -0.683. The minimum Gasteiger partial charge on any atom is -0.329 e. The average molecular weight is 306 g/mol. The van der Waals surface area contributed by atoms with Crippen molar-refractivity contribution in [3.8, 4) is 0 Å². The van der Waals surface area contributed by atoms with Gasteiger partial charge in [-0.05, 0) is 24.5 Å². The number of benzene rings is 1. The van der Waals surface area contributed by atoms with E-state index in [1.54, 1.807) is 30.0 Å². The third-order valence-electron chi connectivity index (χ3n) is 3.80. The summed E-state index contributed by atoms with van der Waals surface area (Å²) in [5, 5.41) is 0. The largest absolute Gasteiger partial charge is 0.329 e. The second-order valence-electron chi connectivity index (χ2n) is 6.94. The van der Waals surface area contributed by atoms with Crippen molar-refractivity contribution in [1.29, 1.82) is 0 Å². The zero-order valence-electron chi connectivity index (χ0n) is 13.6. The molecule has 1 aliphatic heterocycles. The van der Waals surface area contributed by atoms with Gasteiger partial charge in [-0.1, -0.05) is 32.9 Å². The van der Waals surface area contributed by atoms with Crippen LogP contribution in [0, 0.1) is 11.2 Å². The Morgan fingerprint density at radius 2 is 1.91 bits per heavy atom. The van der Waals surface area contributed by atoms with E-state index in [9.17, 15) is 14.0 Å². The summed E-state index contributed by atoms with van der Waals surface area (Å²) in [7, 11) is 0. The molecule has 2 amide bonds. The van der Waals surface area contributed by atoms with Gasteiger partial charge >= 0.3 is 0 Å². The van der Waals surface area contributed by atoms with Crippen molar-refractivity contribution in [2.75, 3.05) is 18.0 Å². The minimum absolute atomic E-state index is 0.0264. The number of nitrogens with zero attached hydrogens (tertiary/aromatic N) is 2. The van der Waals surface area contributed by atoms with Crippen molar-refractivity contribution < 1.29 is 14.0 Å². The number of carbonyl (C=O) groups excluding carboxylic acids is 2. The molecule has 0 bridgehead atoms. The van der Waals surface area contributed by atoms with Gasteiger partial charge in [-0.3, -0.25) is 9.59 Å². The van der Waals surface area contributed by atoms with E-state index < -0.39 is 11.9 Å². The van der Waals surface area contributed by atoms with Gasteiger partial charge in [0.15, 0.2) is 0 Å². The number of halogens is 1. The molecule has 1 fully saturated rings. The molecule has 0 saturated carbocycles. The number of rotatable bonds is 2. The molecule has 0 spiro atoms. The zero-order valence-corrected chi connectivity index (χ0v) is 13.6. The number of hydrogen-bond acceptors (Lipinski definition) is 2. The van der Waals surface area contributed by atoms with Gasteiger partial charge in [0, 0.05) is 19.5 Å². The van der Waals surface area contributed by atoms with Crippen LogP contribution in [0.25, 0.3) is 0 Å². The Morgan fingerprint density at radius 3 is 2.50 bits per heavy atom. The molecule has 1 aromatic rings. The predicted octanol–water partition coefficient (Wildman–Crippen LogP) is 2.83. The number of amides is 2. The van der Waals surface area contributed by atoms with E-state index in [0.717, 1.165) is 0 Å². The number of carbonyl (C=O) groups is 2. The maximum absolute atomic E-state index is 13.9. The van der Waals surface area contributed by atoms with E-state index in [2.05, 4.69) is 0 Å². The Kier molecular flexibility index (Phi) is 4.54. The molecule has 22 heavy (non-hydrogen) atoms. The van der Waals surface area contributed by atoms with Gasteiger partial charge in [0.05, 0.1) is 5.69 Å². The van der Waals surface area contributed by atoms with Crippen molar-refractivity contribution in [2.24, 2.45) is 5.41 Å². The molecular weight excluding hydrogens is 283 g/mol. The van der Waals surface area contributed by atoms with E-state index in [0.29, 0.717) is 19.5 Å². The lowest BCUT2D eigenvalue weighted by Crippen LogP contribution is -2.58. The van der Waals surface area contributed by atoms with Gasteiger partial charge in [-0.25, -0.2) is 4.39 Å². The highest BCUT2D eigenvalue weighted by atomic mass is 19.1. The Hall–Kier alpha value is -1.91. The molecule has 0 aliphatic carbocycles. The fourth-order valence-electron chi connectivity index (χ4n) is 2.68. The molecule has 0 aromatic heterocycles. The first-order valence-electron chi connectivity index (χ1n) is 7.56. The Bertz CT molecular complexity index is 580. The van der Waals surface area contributed by atoms with Gasteiger partial charge in [0.2, 0.25) is 11.8 Å². The van der Waals surface area contributed by atoms with E-state index in [-0.39, 0.29) is 22.9 Å². The highest BCUT2D eigenvalue weighted by molar-refractivity contribution is 6.00. The van der Waals surface area contributed by atoms with Crippen LogP contribution in [0.4, 0.5) is 10.1 Å². The molecular formula is C17H23FN2O2. The van der Waals surface area contributed by atoms with E-state index in [1.165, 1.54) is 11.0 Å². The molecule has 0 unspecified atom stereocenters. The lowest BCUT2D eigenvalue weighted by molar-refractivity contribution is -0.142. The number of para-hydroxylation sites is 1. The molecule has 0 radical (unpaired) electrons. The summed E-state index contributed by atoms with van der Waals surface area (Å²) in [4.78, 5) is 27.9. The quantitative estimate of drug-likeness (QED) is 0.843. The minimum atomic E-state index is -0.566. The number of hydrogen-bond donors (Lipinski definition) is 0. The van der Waals surface area contributed by atoms with Crippen molar-refractivity contribution in [1.82, 2.24) is 4.90 Å². The first kappa shape index (κ1) is 16.5. The normalized spacial score (nSPS) is 19.5. The van der Waals surface area contributed by atoms with Gasteiger partial charge < -0.3 is 9.80 Å². The van der Waals surface area contributed by atoms with Crippen molar-refractivity contribution in [2.45, 2.75) is 40.2 Å². The summed E-state index contributed by atoms with van der Waals surface area (Å²) in [6.45, 7) is 8.43. The van der Waals surface area contributed by atoms with Gasteiger partial charge in [-0.15, -0.1) is 0 Å². The second kappa shape index (κ2) is 6.07.